The smallest absolute Gasteiger partial charge is 0.193 e. The van der Waals surface area contributed by atoms with Gasteiger partial charge in [-0.25, -0.2) is 19.0 Å². The Kier molecular flexibility index (Phi) is 3.35. The Morgan fingerprint density at radius 1 is 1.14 bits per heavy atom. The third kappa shape index (κ3) is 2.47. The minimum Gasteiger partial charge on any atom is -0.399 e. The van der Waals surface area contributed by atoms with Crippen LogP contribution in [-0.2, 0) is 6.42 Å². The van der Waals surface area contributed by atoms with Crippen molar-refractivity contribution in [2.45, 2.75) is 13.3 Å². The Bertz CT molecular complexity index is 764. The molecule has 106 valence electrons. The molecule has 21 heavy (non-hydrogen) atoms. The van der Waals surface area contributed by atoms with Crippen molar-refractivity contribution in [2.75, 3.05) is 5.73 Å². The van der Waals surface area contributed by atoms with Gasteiger partial charge in [0.05, 0.1) is 11.9 Å². The van der Waals surface area contributed by atoms with Gasteiger partial charge in [-0.2, -0.15) is 5.10 Å². The summed E-state index contributed by atoms with van der Waals surface area (Å²) in [5.41, 5.74) is 8.57. The zero-order valence-electron chi connectivity index (χ0n) is 11.5. The van der Waals surface area contributed by atoms with Crippen LogP contribution < -0.4 is 5.73 Å². The highest BCUT2D eigenvalue weighted by Crippen LogP contribution is 2.21. The normalized spacial score (nSPS) is 10.8. The lowest BCUT2D eigenvalue weighted by molar-refractivity contribution is 0.574. The Hall–Kier alpha value is -2.76. The highest BCUT2D eigenvalue weighted by Gasteiger charge is 2.13. The second kappa shape index (κ2) is 5.32. The Balaban J connectivity index is 2.00. The number of halogens is 1. The van der Waals surface area contributed by atoms with Gasteiger partial charge in [0, 0.05) is 17.4 Å². The molecule has 6 heteroatoms. The molecule has 0 aliphatic rings. The second-order valence-corrected chi connectivity index (χ2v) is 4.61. The number of nitrogens with zero attached hydrogens (tertiary/aromatic N) is 4. The first kappa shape index (κ1) is 13.2. The van der Waals surface area contributed by atoms with Crippen LogP contribution in [0.25, 0.3) is 16.9 Å². The molecular weight excluding hydrogens is 269 g/mol. The molecule has 1 aromatic carbocycles. The molecule has 0 aliphatic heterocycles. The molecule has 0 aliphatic carbocycles. The maximum atomic E-state index is 14.2. The minimum atomic E-state index is -0.438. The molecule has 3 aromatic rings. The zero-order chi connectivity index (χ0) is 14.8. The van der Waals surface area contributed by atoms with Crippen LogP contribution in [0, 0.1) is 5.82 Å². The van der Waals surface area contributed by atoms with Crippen molar-refractivity contribution in [3.63, 3.8) is 0 Å². The lowest BCUT2D eigenvalue weighted by Crippen LogP contribution is -2.06. The predicted molar refractivity (Wildman–Crippen MR) is 78.3 cm³/mol. The van der Waals surface area contributed by atoms with Crippen LogP contribution in [-0.4, -0.2) is 19.7 Å². The van der Waals surface area contributed by atoms with E-state index in [1.54, 1.807) is 12.4 Å². The third-order valence-corrected chi connectivity index (χ3v) is 3.22. The molecule has 0 saturated heterocycles. The first-order valence-electron chi connectivity index (χ1n) is 6.59. The van der Waals surface area contributed by atoms with Gasteiger partial charge in [0.2, 0.25) is 0 Å². The van der Waals surface area contributed by atoms with E-state index in [2.05, 4.69) is 15.1 Å². The fourth-order valence-corrected chi connectivity index (χ4v) is 2.07. The van der Waals surface area contributed by atoms with Crippen LogP contribution in [0.5, 0.6) is 0 Å². The van der Waals surface area contributed by atoms with Crippen molar-refractivity contribution < 1.29 is 4.39 Å². The number of aryl methyl sites for hydroxylation is 1. The molecule has 0 unspecified atom stereocenters. The largest absolute Gasteiger partial charge is 0.399 e. The zero-order valence-corrected chi connectivity index (χ0v) is 11.5. The van der Waals surface area contributed by atoms with Crippen molar-refractivity contribution in [2.24, 2.45) is 0 Å². The van der Waals surface area contributed by atoms with E-state index in [0.717, 1.165) is 11.1 Å². The predicted octanol–water partition coefficient (Wildman–Crippen LogP) is 2.61. The molecule has 0 fully saturated rings. The molecule has 0 saturated carbocycles. The molecular formula is C15H14FN5. The van der Waals surface area contributed by atoms with Crippen molar-refractivity contribution in [1.82, 2.24) is 19.7 Å². The first-order chi connectivity index (χ1) is 10.2. The third-order valence-electron chi connectivity index (χ3n) is 3.22. The summed E-state index contributed by atoms with van der Waals surface area (Å²) in [6.07, 6.45) is 5.25. The van der Waals surface area contributed by atoms with Crippen LogP contribution in [0.4, 0.5) is 10.1 Å². The van der Waals surface area contributed by atoms with Gasteiger partial charge in [-0.1, -0.05) is 19.1 Å². The van der Waals surface area contributed by atoms with Gasteiger partial charge in [-0.15, -0.1) is 0 Å². The molecule has 2 heterocycles. The summed E-state index contributed by atoms with van der Waals surface area (Å²) < 4.78 is 15.6. The van der Waals surface area contributed by atoms with E-state index in [0.29, 0.717) is 17.8 Å². The number of rotatable bonds is 3. The van der Waals surface area contributed by atoms with Gasteiger partial charge in [-0.05, 0) is 24.1 Å². The first-order valence-corrected chi connectivity index (χ1v) is 6.59. The van der Waals surface area contributed by atoms with E-state index in [-0.39, 0.29) is 5.82 Å². The van der Waals surface area contributed by atoms with Crippen molar-refractivity contribution in [3.05, 3.63) is 54.5 Å². The molecule has 0 atom stereocenters. The minimum absolute atomic E-state index is 0.156. The quantitative estimate of drug-likeness (QED) is 0.750. The summed E-state index contributed by atoms with van der Waals surface area (Å²) in [5, 5.41) is 4.18. The number of hydrogen-bond acceptors (Lipinski definition) is 4. The molecule has 3 rings (SSSR count). The highest BCUT2D eigenvalue weighted by atomic mass is 19.1. The van der Waals surface area contributed by atoms with E-state index < -0.39 is 5.82 Å². The summed E-state index contributed by atoms with van der Waals surface area (Å²) in [4.78, 5) is 7.89. The van der Waals surface area contributed by atoms with Crippen molar-refractivity contribution in [3.8, 4) is 16.9 Å². The van der Waals surface area contributed by atoms with Crippen LogP contribution in [0.1, 0.15) is 12.6 Å². The lowest BCUT2D eigenvalue weighted by atomic mass is 10.1. The Morgan fingerprint density at radius 3 is 2.62 bits per heavy atom. The topological polar surface area (TPSA) is 69.6 Å². The van der Waals surface area contributed by atoms with E-state index >= 15 is 0 Å². The average molecular weight is 283 g/mol. The molecule has 0 amide bonds. The molecule has 5 nitrogen and oxygen atoms in total. The summed E-state index contributed by atoms with van der Waals surface area (Å²) in [7, 11) is 0. The molecule has 0 radical (unpaired) electrons. The lowest BCUT2D eigenvalue weighted by Gasteiger charge is -2.04. The molecule has 0 spiro atoms. The van der Waals surface area contributed by atoms with Gasteiger partial charge in [0.25, 0.3) is 0 Å². The van der Waals surface area contributed by atoms with Gasteiger partial charge in [0.1, 0.15) is 6.33 Å². The van der Waals surface area contributed by atoms with E-state index in [4.69, 9.17) is 5.73 Å². The van der Waals surface area contributed by atoms with Gasteiger partial charge in [0.15, 0.2) is 11.6 Å². The monoisotopic (exact) mass is 283 g/mol. The van der Waals surface area contributed by atoms with Crippen molar-refractivity contribution >= 4 is 5.69 Å². The maximum Gasteiger partial charge on any atom is 0.193 e. The van der Waals surface area contributed by atoms with Crippen LogP contribution in [0.3, 0.4) is 0 Å². The fraction of sp³-hybridized carbons (Fsp3) is 0.133. The van der Waals surface area contributed by atoms with Crippen LogP contribution in [0.2, 0.25) is 0 Å². The van der Waals surface area contributed by atoms with Crippen LogP contribution >= 0.6 is 0 Å². The summed E-state index contributed by atoms with van der Waals surface area (Å²) in [6.45, 7) is 1.85. The molecule has 0 bridgehead atoms. The van der Waals surface area contributed by atoms with Gasteiger partial charge in [-0.3, -0.25) is 0 Å². The van der Waals surface area contributed by atoms with Crippen molar-refractivity contribution in [1.29, 1.82) is 0 Å². The van der Waals surface area contributed by atoms with Gasteiger partial charge >= 0.3 is 0 Å². The highest BCUT2D eigenvalue weighted by molar-refractivity contribution is 5.64. The van der Waals surface area contributed by atoms with E-state index in [1.165, 1.54) is 11.0 Å². The number of nitrogens with two attached hydrogens (primary N) is 1. The maximum absolute atomic E-state index is 14.2. The summed E-state index contributed by atoms with van der Waals surface area (Å²) in [6, 6.07) is 7.41. The summed E-state index contributed by atoms with van der Waals surface area (Å²) >= 11 is 0. The molecule has 2 N–H and O–H groups in total. The van der Waals surface area contributed by atoms with Gasteiger partial charge < -0.3 is 5.73 Å². The SMILES string of the molecule is CCc1ncnc(-n2cc(-c3ccc(N)cc3)cn2)c1F. The molecule has 2 aromatic heterocycles. The number of anilines is 1. The fourth-order valence-electron chi connectivity index (χ4n) is 2.07. The summed E-state index contributed by atoms with van der Waals surface area (Å²) in [5.74, 6) is -0.282. The average Bonchev–Trinajstić information content (AvgIpc) is 2.98. The standard InChI is InChI=1S/C15H14FN5/c1-2-13-14(16)15(19-9-18-13)21-8-11(7-20-21)10-3-5-12(17)6-4-10/h3-9H,2,17H2,1H3. The van der Waals surface area contributed by atoms with Crippen LogP contribution in [0.15, 0.2) is 43.0 Å². The Morgan fingerprint density at radius 2 is 1.90 bits per heavy atom. The van der Waals surface area contributed by atoms with E-state index in [9.17, 15) is 4.39 Å². The number of nitrogen functional groups attached to an aromatic ring is 1. The number of benzene rings is 1. The number of hydrogen-bond donors (Lipinski definition) is 1. The second-order valence-electron chi connectivity index (χ2n) is 4.61. The van der Waals surface area contributed by atoms with E-state index in [1.807, 2.05) is 31.2 Å². The number of aromatic nitrogens is 4. The Labute approximate surface area is 121 Å².